The molecule has 0 aliphatic carbocycles. The van der Waals surface area contributed by atoms with E-state index in [0.717, 1.165) is 29.1 Å². The maximum atomic E-state index is 14.5. The number of thioether (sulfide) groups is 1. The number of benzene rings is 1. The number of nitrogens with one attached hydrogen (secondary N) is 2. The molecule has 0 saturated carbocycles. The van der Waals surface area contributed by atoms with Crippen LogP contribution >= 0.6 is 23.4 Å². The zero-order valence-corrected chi connectivity index (χ0v) is 21.3. The first-order chi connectivity index (χ1) is 17.4. The quantitative estimate of drug-likeness (QED) is 0.427. The van der Waals surface area contributed by atoms with Crippen molar-refractivity contribution in [2.24, 2.45) is 0 Å². The van der Waals surface area contributed by atoms with Gasteiger partial charge in [-0.3, -0.25) is 9.78 Å². The summed E-state index contributed by atoms with van der Waals surface area (Å²) in [7, 11) is 1.50. The van der Waals surface area contributed by atoms with Crippen LogP contribution in [-0.2, 0) is 17.8 Å². The van der Waals surface area contributed by atoms with Crippen LogP contribution in [0.25, 0.3) is 10.9 Å². The van der Waals surface area contributed by atoms with Crippen LogP contribution in [0, 0.1) is 5.82 Å². The summed E-state index contributed by atoms with van der Waals surface area (Å²) in [5.74, 6) is 0.941. The van der Waals surface area contributed by atoms with E-state index in [1.54, 1.807) is 6.07 Å². The number of fused-ring (bicyclic) bond motifs is 2. The van der Waals surface area contributed by atoms with Crippen LogP contribution < -0.4 is 15.4 Å². The normalized spacial score (nSPS) is 20.3. The fourth-order valence-corrected chi connectivity index (χ4v) is 5.68. The molecule has 11 heteroatoms. The van der Waals surface area contributed by atoms with Crippen LogP contribution in [-0.4, -0.2) is 70.5 Å². The first-order valence-corrected chi connectivity index (χ1v) is 13.1. The van der Waals surface area contributed by atoms with Crippen molar-refractivity contribution < 1.29 is 19.0 Å². The standard InChI is InChI=1S/C25H27ClFN5O3S/c1-35-15-8-17-16(18(26)11-29-24(17)19(27)9-15)4-6-32-7-5-20(21(33)12-32)28-10-14-2-3-22-25(30-14)31-23(34)13-36-22/h2-3,8-9,11,20-21,28,33H,4-7,10,12-13H2,1H3,(H,30,31,34)/t20-,21+/m0/s1. The number of likely N-dealkylation sites (tertiary alicyclic amines) is 1. The van der Waals surface area contributed by atoms with Gasteiger partial charge in [-0.2, -0.15) is 0 Å². The second-order valence-electron chi connectivity index (χ2n) is 8.97. The highest BCUT2D eigenvalue weighted by molar-refractivity contribution is 8.00. The molecule has 36 heavy (non-hydrogen) atoms. The molecule has 1 aromatic carbocycles. The van der Waals surface area contributed by atoms with Gasteiger partial charge in [0.25, 0.3) is 0 Å². The summed E-state index contributed by atoms with van der Waals surface area (Å²) < 4.78 is 19.7. The monoisotopic (exact) mass is 531 g/mol. The number of β-amino-alcohol motifs (C(OH)–C–C–N with tert-alkyl or cyclic N) is 1. The van der Waals surface area contributed by atoms with Gasteiger partial charge in [0.2, 0.25) is 5.91 Å². The smallest absolute Gasteiger partial charge is 0.235 e. The number of methoxy groups -OCH3 is 1. The number of hydrogen-bond acceptors (Lipinski definition) is 8. The van der Waals surface area contributed by atoms with E-state index in [1.165, 1.54) is 31.1 Å². The molecule has 2 aliphatic heterocycles. The minimum Gasteiger partial charge on any atom is -0.497 e. The number of aliphatic hydroxyl groups is 1. The molecule has 2 aliphatic rings. The van der Waals surface area contributed by atoms with E-state index >= 15 is 0 Å². The molecule has 0 unspecified atom stereocenters. The summed E-state index contributed by atoms with van der Waals surface area (Å²) in [5, 5.41) is 18.1. The molecule has 0 bridgehead atoms. The van der Waals surface area contributed by atoms with E-state index in [4.69, 9.17) is 16.3 Å². The Morgan fingerprint density at radius 1 is 1.39 bits per heavy atom. The molecular weight excluding hydrogens is 505 g/mol. The number of nitrogens with zero attached hydrogens (tertiary/aromatic N) is 3. The van der Waals surface area contributed by atoms with Gasteiger partial charge in [0, 0.05) is 43.3 Å². The number of hydrogen-bond donors (Lipinski definition) is 3. The Labute approximate surface area is 217 Å². The van der Waals surface area contributed by atoms with E-state index in [9.17, 15) is 14.3 Å². The van der Waals surface area contributed by atoms with Gasteiger partial charge in [-0.05, 0) is 43.1 Å². The minimum atomic E-state index is -0.547. The van der Waals surface area contributed by atoms with Gasteiger partial charge in [0.05, 0.1) is 34.6 Å². The van der Waals surface area contributed by atoms with E-state index in [-0.39, 0.29) is 17.5 Å². The summed E-state index contributed by atoms with van der Waals surface area (Å²) in [6.07, 6.45) is 2.30. The van der Waals surface area contributed by atoms with Gasteiger partial charge < -0.3 is 25.4 Å². The molecule has 2 atom stereocenters. The first kappa shape index (κ1) is 25.2. The van der Waals surface area contributed by atoms with Crippen LogP contribution in [0.2, 0.25) is 5.02 Å². The number of carbonyl (C=O) groups is 1. The fourth-order valence-electron chi connectivity index (χ4n) is 4.68. The predicted molar refractivity (Wildman–Crippen MR) is 138 cm³/mol. The number of amides is 1. The van der Waals surface area contributed by atoms with Gasteiger partial charge in [0.15, 0.2) is 5.82 Å². The Bertz CT molecular complexity index is 1300. The maximum Gasteiger partial charge on any atom is 0.235 e. The average Bonchev–Trinajstić information content (AvgIpc) is 2.87. The zero-order valence-electron chi connectivity index (χ0n) is 19.8. The third-order valence-corrected chi connectivity index (χ3v) is 7.99. The van der Waals surface area contributed by atoms with Crippen molar-refractivity contribution >= 4 is 46.0 Å². The Morgan fingerprint density at radius 2 is 2.25 bits per heavy atom. The molecular formula is C25H27ClFN5O3S. The van der Waals surface area contributed by atoms with Gasteiger partial charge in [0.1, 0.15) is 17.1 Å². The summed E-state index contributed by atoms with van der Waals surface area (Å²) >= 11 is 7.92. The number of carbonyl (C=O) groups excluding carboxylic acids is 1. The zero-order chi connectivity index (χ0) is 25.2. The molecule has 8 nitrogen and oxygen atoms in total. The second-order valence-corrected chi connectivity index (χ2v) is 10.4. The SMILES string of the molecule is COc1cc(F)c2ncc(Cl)c(CCN3CC[C@H](NCc4ccc5c(n4)NC(=O)CS5)[C@H](O)C3)c2c1. The van der Waals surface area contributed by atoms with Crippen LogP contribution in [0.4, 0.5) is 10.2 Å². The Balaban J connectivity index is 1.18. The lowest BCUT2D eigenvalue weighted by Gasteiger charge is -2.36. The molecule has 5 rings (SSSR count). The highest BCUT2D eigenvalue weighted by Gasteiger charge is 2.28. The van der Waals surface area contributed by atoms with Crippen molar-refractivity contribution in [2.45, 2.75) is 36.4 Å². The average molecular weight is 532 g/mol. The molecule has 1 amide bonds. The topological polar surface area (TPSA) is 99.6 Å². The van der Waals surface area contributed by atoms with E-state index in [1.807, 2.05) is 12.1 Å². The summed E-state index contributed by atoms with van der Waals surface area (Å²) in [6.45, 7) is 2.49. The number of ether oxygens (including phenoxy) is 1. The number of aromatic nitrogens is 2. The maximum absolute atomic E-state index is 14.5. The summed E-state index contributed by atoms with van der Waals surface area (Å²) in [5.41, 5.74) is 1.90. The third-order valence-electron chi connectivity index (χ3n) is 6.61. The number of piperidine rings is 1. The third kappa shape index (κ3) is 5.42. The molecule has 0 spiro atoms. The van der Waals surface area contributed by atoms with Crippen molar-refractivity contribution in [3.8, 4) is 5.75 Å². The molecule has 1 saturated heterocycles. The van der Waals surface area contributed by atoms with Gasteiger partial charge in [-0.15, -0.1) is 11.8 Å². The van der Waals surface area contributed by atoms with Gasteiger partial charge in [-0.1, -0.05) is 11.6 Å². The van der Waals surface area contributed by atoms with Crippen molar-refractivity contribution in [2.75, 3.05) is 37.8 Å². The lowest BCUT2D eigenvalue weighted by Crippen LogP contribution is -2.52. The fraction of sp³-hybridized carbons (Fsp3) is 0.400. The summed E-state index contributed by atoms with van der Waals surface area (Å²) in [6, 6.07) is 6.93. The van der Waals surface area contributed by atoms with E-state index in [2.05, 4.69) is 25.5 Å². The first-order valence-electron chi connectivity index (χ1n) is 11.8. The van der Waals surface area contributed by atoms with Crippen molar-refractivity contribution in [1.82, 2.24) is 20.2 Å². The molecule has 190 valence electrons. The highest BCUT2D eigenvalue weighted by atomic mass is 35.5. The van der Waals surface area contributed by atoms with Crippen LogP contribution in [0.1, 0.15) is 17.7 Å². The number of halogens is 2. The number of rotatable bonds is 7. The Morgan fingerprint density at radius 3 is 3.06 bits per heavy atom. The molecule has 1 fully saturated rings. The lowest BCUT2D eigenvalue weighted by atomic mass is 10.00. The van der Waals surface area contributed by atoms with E-state index < -0.39 is 11.9 Å². The predicted octanol–water partition coefficient (Wildman–Crippen LogP) is 3.24. The molecule has 3 aromatic rings. The van der Waals surface area contributed by atoms with Crippen molar-refractivity contribution in [1.29, 1.82) is 0 Å². The molecule has 4 heterocycles. The van der Waals surface area contributed by atoms with Crippen LogP contribution in [0.15, 0.2) is 35.4 Å². The van der Waals surface area contributed by atoms with Crippen LogP contribution in [0.5, 0.6) is 5.75 Å². The van der Waals surface area contributed by atoms with Gasteiger partial charge >= 0.3 is 0 Å². The minimum absolute atomic E-state index is 0.0433. The molecule has 3 N–H and O–H groups in total. The highest BCUT2D eigenvalue weighted by Crippen LogP contribution is 2.31. The lowest BCUT2D eigenvalue weighted by molar-refractivity contribution is -0.113. The largest absolute Gasteiger partial charge is 0.497 e. The van der Waals surface area contributed by atoms with E-state index in [0.29, 0.717) is 53.8 Å². The van der Waals surface area contributed by atoms with Crippen LogP contribution in [0.3, 0.4) is 0 Å². The Hall–Kier alpha value is -2.50. The molecule has 0 radical (unpaired) electrons. The number of aliphatic hydroxyl groups excluding tert-OH is 1. The number of anilines is 1. The van der Waals surface area contributed by atoms with Crippen molar-refractivity contribution in [3.63, 3.8) is 0 Å². The van der Waals surface area contributed by atoms with Gasteiger partial charge in [-0.25, -0.2) is 9.37 Å². The number of pyridine rings is 2. The Kier molecular flexibility index (Phi) is 7.59. The molecule has 2 aromatic heterocycles. The van der Waals surface area contributed by atoms with Crippen molar-refractivity contribution in [3.05, 3.63) is 52.6 Å². The summed E-state index contributed by atoms with van der Waals surface area (Å²) in [4.78, 5) is 23.5. The second kappa shape index (κ2) is 10.9.